The van der Waals surface area contributed by atoms with Gasteiger partial charge in [-0.25, -0.2) is 9.07 Å². The van der Waals surface area contributed by atoms with Gasteiger partial charge in [-0.2, -0.15) is 0 Å². The second kappa shape index (κ2) is 3.01. The number of rotatable bonds is 0. The second-order valence-corrected chi connectivity index (χ2v) is 3.28. The third kappa shape index (κ3) is 1.41. The van der Waals surface area contributed by atoms with Crippen molar-refractivity contribution in [3.05, 3.63) is 39.8 Å². The third-order valence-electron chi connectivity index (χ3n) is 1.66. The molecule has 0 unspecified atom stereocenters. The fourth-order valence-electron chi connectivity index (χ4n) is 1.06. The molecule has 0 saturated carbocycles. The van der Waals surface area contributed by atoms with Crippen LogP contribution in [0.5, 0.6) is 0 Å². The van der Waals surface area contributed by atoms with E-state index in [1.165, 1.54) is 0 Å². The maximum absolute atomic E-state index is 11.1. The van der Waals surface area contributed by atoms with E-state index in [-0.39, 0.29) is 5.56 Å². The molecule has 0 bridgehead atoms. The van der Waals surface area contributed by atoms with Gasteiger partial charge in [-0.15, -0.1) is 0 Å². The Morgan fingerprint density at radius 2 is 2.15 bits per heavy atom. The quantitative estimate of drug-likeness (QED) is 0.673. The topological polar surface area (TPSA) is 34.9 Å². The fraction of sp³-hybridized carbons (Fsp3) is 0. The highest BCUT2D eigenvalue weighted by molar-refractivity contribution is 6.31. The van der Waals surface area contributed by atoms with E-state index in [0.717, 1.165) is 10.3 Å². The Morgan fingerprint density at radius 1 is 1.38 bits per heavy atom. The van der Waals surface area contributed by atoms with Crippen molar-refractivity contribution in [2.24, 2.45) is 0 Å². The summed E-state index contributed by atoms with van der Waals surface area (Å²) in [5.74, 6) is 0. The van der Waals surface area contributed by atoms with Gasteiger partial charge in [-0.1, -0.05) is 11.6 Å². The number of fused-ring (bicyclic) bond motifs is 1. The molecular formula is C8H4Cl2N2O. The van der Waals surface area contributed by atoms with Crippen molar-refractivity contribution in [2.45, 2.75) is 0 Å². The molecule has 2 rings (SSSR count). The molecule has 13 heavy (non-hydrogen) atoms. The van der Waals surface area contributed by atoms with E-state index in [0.29, 0.717) is 16.1 Å². The van der Waals surface area contributed by atoms with Crippen LogP contribution in [0.15, 0.2) is 29.2 Å². The molecule has 0 atom stereocenters. The average Bonchev–Trinajstić information content (AvgIpc) is 2.12. The molecule has 0 spiro atoms. The Labute approximate surface area is 83.6 Å². The van der Waals surface area contributed by atoms with Gasteiger partial charge in [0.15, 0.2) is 0 Å². The largest absolute Gasteiger partial charge is 0.284 e. The van der Waals surface area contributed by atoms with Crippen molar-refractivity contribution in [3.63, 3.8) is 0 Å². The van der Waals surface area contributed by atoms with Crippen molar-refractivity contribution in [2.75, 3.05) is 0 Å². The number of aromatic nitrogens is 2. The van der Waals surface area contributed by atoms with Crippen LogP contribution in [0.4, 0.5) is 0 Å². The molecule has 0 N–H and O–H groups in total. The summed E-state index contributed by atoms with van der Waals surface area (Å²) in [5, 5.41) is 0.565. The van der Waals surface area contributed by atoms with Crippen molar-refractivity contribution < 1.29 is 0 Å². The Bertz CT molecular complexity index is 521. The third-order valence-corrected chi connectivity index (χ3v) is 2.24. The summed E-state index contributed by atoms with van der Waals surface area (Å²) in [7, 11) is 0. The molecule has 2 aromatic rings. The Hall–Kier alpha value is -1.06. The first-order valence-corrected chi connectivity index (χ1v) is 4.23. The van der Waals surface area contributed by atoms with E-state index < -0.39 is 0 Å². The van der Waals surface area contributed by atoms with Gasteiger partial charge < -0.3 is 0 Å². The summed E-state index contributed by atoms with van der Waals surface area (Å²) < 4.78 is 1.01. The molecule has 66 valence electrons. The van der Waals surface area contributed by atoms with Crippen LogP contribution in [0.2, 0.25) is 5.02 Å². The minimum Gasteiger partial charge on any atom is -0.266 e. The molecule has 0 aliphatic carbocycles. The van der Waals surface area contributed by atoms with Crippen LogP contribution in [0, 0.1) is 0 Å². The Morgan fingerprint density at radius 3 is 2.92 bits per heavy atom. The van der Waals surface area contributed by atoms with Crippen molar-refractivity contribution in [1.82, 2.24) is 9.07 Å². The van der Waals surface area contributed by atoms with Crippen LogP contribution in [-0.4, -0.2) is 9.07 Å². The molecule has 0 radical (unpaired) electrons. The maximum atomic E-state index is 11.1. The van der Waals surface area contributed by atoms with E-state index in [1.54, 1.807) is 18.2 Å². The zero-order valence-electron chi connectivity index (χ0n) is 6.37. The first-order valence-electron chi connectivity index (χ1n) is 3.52. The molecule has 1 aromatic heterocycles. The van der Waals surface area contributed by atoms with Gasteiger partial charge in [0.25, 0.3) is 5.56 Å². The summed E-state index contributed by atoms with van der Waals surface area (Å²) in [5.41, 5.74) is 0.803. The lowest BCUT2D eigenvalue weighted by atomic mass is 10.3. The normalized spacial score (nSPS) is 10.6. The predicted molar refractivity (Wildman–Crippen MR) is 52.3 cm³/mol. The number of hydrogen-bond acceptors (Lipinski definition) is 2. The van der Waals surface area contributed by atoms with Crippen LogP contribution in [0.25, 0.3) is 11.0 Å². The van der Waals surface area contributed by atoms with Gasteiger partial charge in [0.1, 0.15) is 0 Å². The van der Waals surface area contributed by atoms with Crippen LogP contribution >= 0.6 is 23.4 Å². The van der Waals surface area contributed by atoms with Gasteiger partial charge in [0, 0.05) is 16.8 Å². The van der Waals surface area contributed by atoms with Gasteiger partial charge in [0.05, 0.1) is 17.2 Å². The number of halogens is 2. The van der Waals surface area contributed by atoms with E-state index in [9.17, 15) is 4.79 Å². The summed E-state index contributed by atoms with van der Waals surface area (Å²) in [6, 6.07) is 4.96. The van der Waals surface area contributed by atoms with Gasteiger partial charge in [-0.05, 0) is 18.2 Å². The highest BCUT2D eigenvalue weighted by Crippen LogP contribution is 2.16. The second-order valence-electron chi connectivity index (χ2n) is 2.51. The van der Waals surface area contributed by atoms with E-state index in [2.05, 4.69) is 4.98 Å². The lowest BCUT2D eigenvalue weighted by Gasteiger charge is -2.00. The Balaban J connectivity index is 2.95. The molecule has 0 saturated heterocycles. The van der Waals surface area contributed by atoms with E-state index in [1.807, 2.05) is 0 Å². The molecule has 1 heterocycles. The monoisotopic (exact) mass is 214 g/mol. The van der Waals surface area contributed by atoms with Crippen molar-refractivity contribution in [3.8, 4) is 0 Å². The standard InChI is InChI=1S/C8H4Cl2N2O/c9-5-1-2-7-6(3-5)11-4-8(13)12(7)10/h1-4H. The van der Waals surface area contributed by atoms with Crippen molar-refractivity contribution >= 4 is 34.4 Å². The van der Waals surface area contributed by atoms with Crippen LogP contribution < -0.4 is 5.56 Å². The first-order chi connectivity index (χ1) is 6.18. The smallest absolute Gasteiger partial charge is 0.266 e. The van der Waals surface area contributed by atoms with Crippen LogP contribution in [0.1, 0.15) is 0 Å². The molecule has 3 nitrogen and oxygen atoms in total. The van der Waals surface area contributed by atoms with E-state index in [4.69, 9.17) is 23.4 Å². The predicted octanol–water partition coefficient (Wildman–Crippen LogP) is 2.05. The first kappa shape index (κ1) is 8.53. The minimum absolute atomic E-state index is 0.350. The zero-order chi connectivity index (χ0) is 9.42. The fourth-order valence-corrected chi connectivity index (χ4v) is 1.41. The number of nitrogens with zero attached hydrogens (tertiary/aromatic N) is 2. The summed E-state index contributed by atoms with van der Waals surface area (Å²) in [6.07, 6.45) is 1.16. The molecule has 0 amide bonds. The van der Waals surface area contributed by atoms with Crippen molar-refractivity contribution in [1.29, 1.82) is 0 Å². The average molecular weight is 215 g/mol. The molecule has 1 aromatic carbocycles. The molecule has 0 aliphatic rings. The van der Waals surface area contributed by atoms with Crippen LogP contribution in [-0.2, 0) is 0 Å². The van der Waals surface area contributed by atoms with E-state index >= 15 is 0 Å². The highest BCUT2D eigenvalue weighted by atomic mass is 35.5. The van der Waals surface area contributed by atoms with Gasteiger partial charge in [-0.3, -0.25) is 4.79 Å². The molecule has 0 fully saturated rings. The van der Waals surface area contributed by atoms with Gasteiger partial charge in [0.2, 0.25) is 0 Å². The zero-order valence-corrected chi connectivity index (χ0v) is 7.88. The molecule has 0 aliphatic heterocycles. The highest BCUT2D eigenvalue weighted by Gasteiger charge is 2.01. The van der Waals surface area contributed by atoms with Gasteiger partial charge >= 0.3 is 0 Å². The minimum atomic E-state index is -0.350. The SMILES string of the molecule is O=c1cnc2cc(Cl)ccc2n1Cl. The number of hydrogen-bond donors (Lipinski definition) is 0. The lowest BCUT2D eigenvalue weighted by molar-refractivity contribution is 1.14. The summed E-state index contributed by atoms with van der Waals surface area (Å²) in [4.78, 5) is 15.0. The summed E-state index contributed by atoms with van der Waals surface area (Å²) in [6.45, 7) is 0. The number of benzene rings is 1. The summed E-state index contributed by atoms with van der Waals surface area (Å²) >= 11 is 11.4. The molecular weight excluding hydrogens is 211 g/mol. The maximum Gasteiger partial charge on any atom is 0.284 e. The Kier molecular flexibility index (Phi) is 1.98. The van der Waals surface area contributed by atoms with Crippen LogP contribution in [0.3, 0.4) is 0 Å². The lowest BCUT2D eigenvalue weighted by Crippen LogP contribution is -2.12. The molecule has 5 heteroatoms.